The highest BCUT2D eigenvalue weighted by Gasteiger charge is 2.30. The van der Waals surface area contributed by atoms with E-state index < -0.39 is 0 Å². The van der Waals surface area contributed by atoms with E-state index in [1.54, 1.807) is 18.4 Å². The second kappa shape index (κ2) is 6.29. The smallest absolute Gasteiger partial charge is 0.119 e. The summed E-state index contributed by atoms with van der Waals surface area (Å²) < 4.78 is 6.51. The van der Waals surface area contributed by atoms with Crippen molar-refractivity contribution >= 4 is 27.3 Å². The Morgan fingerprint density at radius 2 is 2.20 bits per heavy atom. The largest absolute Gasteiger partial charge is 0.497 e. The molecule has 1 fully saturated rings. The van der Waals surface area contributed by atoms with Crippen molar-refractivity contribution in [3.8, 4) is 5.75 Å². The Hall–Kier alpha value is -0.840. The van der Waals surface area contributed by atoms with Gasteiger partial charge in [-0.05, 0) is 63.8 Å². The maximum absolute atomic E-state index is 5.29. The van der Waals surface area contributed by atoms with Gasteiger partial charge in [-0.15, -0.1) is 11.3 Å². The zero-order valence-corrected chi connectivity index (χ0v) is 13.8. The summed E-state index contributed by atoms with van der Waals surface area (Å²) in [7, 11) is 1.73. The molecule has 1 aliphatic carbocycles. The lowest BCUT2D eigenvalue weighted by Crippen LogP contribution is -2.39. The van der Waals surface area contributed by atoms with Gasteiger partial charge >= 0.3 is 0 Å². The Kier molecular flexibility index (Phi) is 4.44. The van der Waals surface area contributed by atoms with Gasteiger partial charge in [0.1, 0.15) is 5.75 Å². The second-order valence-corrected chi connectivity index (χ2v) is 7.07. The molecule has 1 aromatic heterocycles. The fourth-order valence-electron chi connectivity index (χ4n) is 2.64. The highest BCUT2D eigenvalue weighted by Crippen LogP contribution is 2.38. The van der Waals surface area contributed by atoms with Crippen molar-refractivity contribution in [2.24, 2.45) is 0 Å². The normalized spacial score (nSPS) is 21.5. The van der Waals surface area contributed by atoms with E-state index in [4.69, 9.17) is 4.74 Å². The molecular weight excluding hydrogens is 334 g/mol. The van der Waals surface area contributed by atoms with Gasteiger partial charge in [0.15, 0.2) is 0 Å². The molecule has 2 nitrogen and oxygen atoms in total. The van der Waals surface area contributed by atoms with Crippen LogP contribution in [0.3, 0.4) is 0 Å². The number of methoxy groups -OCH3 is 1. The summed E-state index contributed by atoms with van der Waals surface area (Å²) in [4.78, 5) is 1.38. The lowest BCUT2D eigenvalue weighted by atomic mass is 9.76. The van der Waals surface area contributed by atoms with Crippen LogP contribution >= 0.6 is 27.3 Å². The third-order valence-corrected chi connectivity index (χ3v) is 5.87. The maximum atomic E-state index is 5.29. The van der Waals surface area contributed by atoms with Crippen molar-refractivity contribution in [2.45, 2.75) is 31.3 Å². The summed E-state index contributed by atoms with van der Waals surface area (Å²) >= 11 is 5.38. The Labute approximate surface area is 132 Å². The molecule has 3 rings (SSSR count). The van der Waals surface area contributed by atoms with E-state index in [0.29, 0.717) is 12.0 Å². The standard InChI is InChI=1S/C16H18BrNOS/c1-19-14-4-2-3-11(9-14)12-7-13(8-12)18-10-16-15(17)5-6-20-16/h2-6,9,12-13,18H,7-8,10H2,1H3. The summed E-state index contributed by atoms with van der Waals surface area (Å²) in [6, 6.07) is 11.2. The fourth-order valence-corrected chi connectivity index (χ4v) is 4.08. The SMILES string of the molecule is COc1cccc(C2CC(NCc3sccc3Br)C2)c1. The van der Waals surface area contributed by atoms with E-state index >= 15 is 0 Å². The molecule has 20 heavy (non-hydrogen) atoms. The minimum absolute atomic E-state index is 0.639. The van der Waals surface area contributed by atoms with E-state index in [1.807, 2.05) is 6.07 Å². The van der Waals surface area contributed by atoms with Crippen LogP contribution in [0, 0.1) is 0 Å². The average molecular weight is 352 g/mol. The molecule has 0 amide bonds. The highest BCUT2D eigenvalue weighted by atomic mass is 79.9. The number of nitrogens with one attached hydrogen (secondary N) is 1. The molecule has 0 aliphatic heterocycles. The van der Waals surface area contributed by atoms with Crippen molar-refractivity contribution in [3.63, 3.8) is 0 Å². The first-order valence-electron chi connectivity index (χ1n) is 6.85. The number of thiophene rings is 1. The van der Waals surface area contributed by atoms with Crippen LogP contribution < -0.4 is 10.1 Å². The van der Waals surface area contributed by atoms with Crippen molar-refractivity contribution in [2.75, 3.05) is 7.11 Å². The third kappa shape index (κ3) is 3.08. The van der Waals surface area contributed by atoms with Crippen LogP contribution in [-0.4, -0.2) is 13.2 Å². The quantitative estimate of drug-likeness (QED) is 0.852. The summed E-state index contributed by atoms with van der Waals surface area (Å²) in [5.74, 6) is 1.64. The lowest BCUT2D eigenvalue weighted by molar-refractivity contribution is 0.289. The molecular formula is C16H18BrNOS. The Morgan fingerprint density at radius 3 is 2.90 bits per heavy atom. The molecule has 4 heteroatoms. The lowest BCUT2D eigenvalue weighted by Gasteiger charge is -2.36. The number of benzene rings is 1. The number of hydrogen-bond donors (Lipinski definition) is 1. The highest BCUT2D eigenvalue weighted by molar-refractivity contribution is 9.10. The molecule has 0 unspecified atom stereocenters. The number of rotatable bonds is 5. The molecule has 2 aromatic rings. The van der Waals surface area contributed by atoms with Gasteiger partial charge in [0, 0.05) is 21.9 Å². The zero-order chi connectivity index (χ0) is 13.9. The van der Waals surface area contributed by atoms with Gasteiger partial charge in [-0.1, -0.05) is 12.1 Å². The Balaban J connectivity index is 1.50. The van der Waals surface area contributed by atoms with Crippen molar-refractivity contribution in [1.29, 1.82) is 0 Å². The summed E-state index contributed by atoms with van der Waals surface area (Å²) in [5.41, 5.74) is 1.40. The molecule has 0 bridgehead atoms. The van der Waals surface area contributed by atoms with E-state index in [2.05, 4.69) is 50.9 Å². The average Bonchev–Trinajstić information content (AvgIpc) is 2.83. The fraction of sp³-hybridized carbons (Fsp3) is 0.375. The molecule has 1 saturated carbocycles. The van der Waals surface area contributed by atoms with Gasteiger partial charge < -0.3 is 10.1 Å². The maximum Gasteiger partial charge on any atom is 0.119 e. The van der Waals surface area contributed by atoms with Crippen LogP contribution in [-0.2, 0) is 6.54 Å². The molecule has 0 saturated heterocycles. The van der Waals surface area contributed by atoms with Gasteiger partial charge in [0.2, 0.25) is 0 Å². The molecule has 0 atom stereocenters. The van der Waals surface area contributed by atoms with Gasteiger partial charge in [-0.2, -0.15) is 0 Å². The Morgan fingerprint density at radius 1 is 1.35 bits per heavy atom. The van der Waals surface area contributed by atoms with Crippen molar-refractivity contribution < 1.29 is 4.74 Å². The van der Waals surface area contributed by atoms with Gasteiger partial charge in [0.05, 0.1) is 7.11 Å². The molecule has 0 radical (unpaired) electrons. The van der Waals surface area contributed by atoms with Crippen molar-refractivity contribution in [3.05, 3.63) is 50.6 Å². The number of ether oxygens (including phenoxy) is 1. The van der Waals surface area contributed by atoms with Crippen LogP contribution in [0.4, 0.5) is 0 Å². The van der Waals surface area contributed by atoms with Crippen LogP contribution in [0.5, 0.6) is 5.75 Å². The Bertz CT molecular complexity index is 577. The van der Waals surface area contributed by atoms with Crippen LogP contribution in [0.2, 0.25) is 0 Å². The number of halogens is 1. The predicted octanol–water partition coefficient (Wildman–Crippen LogP) is 4.56. The molecule has 1 N–H and O–H groups in total. The van der Waals surface area contributed by atoms with Gasteiger partial charge in [-0.25, -0.2) is 0 Å². The minimum Gasteiger partial charge on any atom is -0.497 e. The minimum atomic E-state index is 0.639. The van der Waals surface area contributed by atoms with E-state index in [-0.39, 0.29) is 0 Å². The number of hydrogen-bond acceptors (Lipinski definition) is 3. The summed E-state index contributed by atoms with van der Waals surface area (Å²) in [6.07, 6.45) is 2.44. The third-order valence-electron chi connectivity index (χ3n) is 3.95. The second-order valence-electron chi connectivity index (χ2n) is 5.21. The first-order valence-corrected chi connectivity index (χ1v) is 8.52. The molecule has 0 spiro atoms. The van der Waals surface area contributed by atoms with Gasteiger partial charge in [0.25, 0.3) is 0 Å². The predicted molar refractivity (Wildman–Crippen MR) is 87.6 cm³/mol. The molecule has 106 valence electrons. The van der Waals surface area contributed by atoms with E-state index in [1.165, 1.54) is 27.8 Å². The van der Waals surface area contributed by atoms with E-state index in [9.17, 15) is 0 Å². The van der Waals surface area contributed by atoms with Crippen LogP contribution in [0.1, 0.15) is 29.2 Å². The molecule has 1 aliphatic rings. The van der Waals surface area contributed by atoms with Crippen LogP contribution in [0.25, 0.3) is 0 Å². The summed E-state index contributed by atoms with van der Waals surface area (Å²) in [5, 5.41) is 5.77. The van der Waals surface area contributed by atoms with E-state index in [0.717, 1.165) is 12.3 Å². The first kappa shape index (κ1) is 14.1. The van der Waals surface area contributed by atoms with Gasteiger partial charge in [-0.3, -0.25) is 0 Å². The summed E-state index contributed by atoms with van der Waals surface area (Å²) in [6.45, 7) is 0.966. The van der Waals surface area contributed by atoms with Crippen molar-refractivity contribution in [1.82, 2.24) is 5.32 Å². The monoisotopic (exact) mass is 351 g/mol. The van der Waals surface area contributed by atoms with Crippen LogP contribution in [0.15, 0.2) is 40.2 Å². The topological polar surface area (TPSA) is 21.3 Å². The zero-order valence-electron chi connectivity index (χ0n) is 11.4. The first-order chi connectivity index (χ1) is 9.76. The molecule has 1 aromatic carbocycles. The molecule has 1 heterocycles.